The molecule has 0 saturated carbocycles. The van der Waals surface area contributed by atoms with Crippen LogP contribution in [0.1, 0.15) is 0 Å². The topological polar surface area (TPSA) is 0 Å². The smallest absolute Gasteiger partial charge is 0.0498 e. The number of hydrogen-bond donors (Lipinski definition) is 1. The summed E-state index contributed by atoms with van der Waals surface area (Å²) in [5.41, 5.74) is 0. The van der Waals surface area contributed by atoms with Crippen molar-refractivity contribution in [3.8, 4) is 0 Å². The highest BCUT2D eigenvalue weighted by Crippen LogP contribution is 2.35. The van der Waals surface area contributed by atoms with Gasteiger partial charge in [-0.2, -0.15) is 0 Å². The maximum absolute atomic E-state index is 4.44. The molecule has 0 aliphatic rings. The largest absolute Gasteiger partial charge is 0.141 e. The molecule has 0 amide bonds. The van der Waals surface area contributed by atoms with Crippen LogP contribution in [0, 0.1) is 3.57 Å². The molecule has 0 nitrogen and oxygen atoms in total. The predicted octanol–water partition coefficient (Wildman–Crippen LogP) is 4.56. The van der Waals surface area contributed by atoms with Crippen LogP contribution in [0.3, 0.4) is 0 Å². The summed E-state index contributed by atoms with van der Waals surface area (Å²) in [6, 6.07) is 4.16. The highest BCUT2D eigenvalue weighted by atomic mass is 127. The fourth-order valence-corrected chi connectivity index (χ4v) is 3.73. The van der Waals surface area contributed by atoms with Crippen LogP contribution in [-0.2, 0) is 0 Å². The summed E-state index contributed by atoms with van der Waals surface area (Å²) in [6.07, 6.45) is 0. The first kappa shape index (κ1) is 9.30. The standard InChI is InChI=1S/C8H4BrIS2/c9-5-2-1-4-6(10)3-12-8(4)7(5)11/h1-3,11H. The lowest BCUT2D eigenvalue weighted by Gasteiger charge is -1.97. The normalized spacial score (nSPS) is 10.9. The zero-order chi connectivity index (χ0) is 8.72. The molecule has 0 spiro atoms. The molecule has 2 aromatic rings. The van der Waals surface area contributed by atoms with Gasteiger partial charge in [0.15, 0.2) is 0 Å². The van der Waals surface area contributed by atoms with Crippen LogP contribution in [0.15, 0.2) is 26.9 Å². The number of thiol groups is 1. The van der Waals surface area contributed by atoms with E-state index in [1.54, 1.807) is 11.3 Å². The van der Waals surface area contributed by atoms with Gasteiger partial charge in [-0.25, -0.2) is 0 Å². The number of thiophene rings is 1. The lowest BCUT2D eigenvalue weighted by molar-refractivity contribution is 1.53. The van der Waals surface area contributed by atoms with Crippen LogP contribution in [0.2, 0.25) is 0 Å². The summed E-state index contributed by atoms with van der Waals surface area (Å²) in [4.78, 5) is 1.04. The SMILES string of the molecule is Sc1c(Br)ccc2c(I)csc12. The van der Waals surface area contributed by atoms with E-state index in [1.165, 1.54) is 13.7 Å². The molecule has 0 saturated heterocycles. The Morgan fingerprint density at radius 2 is 2.17 bits per heavy atom. The average molecular weight is 371 g/mol. The second kappa shape index (κ2) is 3.48. The van der Waals surface area contributed by atoms with Crippen LogP contribution >= 0.6 is 62.5 Å². The van der Waals surface area contributed by atoms with Crippen molar-refractivity contribution in [3.05, 3.63) is 25.6 Å². The summed E-state index contributed by atoms with van der Waals surface area (Å²) in [5, 5.41) is 3.45. The third-order valence-electron chi connectivity index (χ3n) is 1.62. The third-order valence-corrected chi connectivity index (χ3v) is 5.53. The van der Waals surface area contributed by atoms with Gasteiger partial charge >= 0.3 is 0 Å². The lowest BCUT2D eigenvalue weighted by atomic mass is 10.3. The minimum absolute atomic E-state index is 1.04. The molecule has 0 aliphatic carbocycles. The van der Waals surface area contributed by atoms with Gasteiger partial charge in [0.25, 0.3) is 0 Å². The van der Waals surface area contributed by atoms with E-state index in [9.17, 15) is 0 Å². The Hall–Kier alpha value is 0.740. The maximum atomic E-state index is 4.44. The molecule has 1 heterocycles. The first-order valence-electron chi connectivity index (χ1n) is 3.24. The van der Waals surface area contributed by atoms with E-state index in [1.807, 2.05) is 6.07 Å². The van der Waals surface area contributed by atoms with E-state index in [0.29, 0.717) is 0 Å². The zero-order valence-electron chi connectivity index (χ0n) is 5.84. The first-order valence-corrected chi connectivity index (χ1v) is 6.44. The van der Waals surface area contributed by atoms with Crippen LogP contribution in [0.4, 0.5) is 0 Å². The van der Waals surface area contributed by atoms with Crippen LogP contribution in [0.5, 0.6) is 0 Å². The fourth-order valence-electron chi connectivity index (χ4n) is 1.03. The maximum Gasteiger partial charge on any atom is 0.0498 e. The van der Waals surface area contributed by atoms with Gasteiger partial charge in [-0.1, -0.05) is 6.07 Å². The quantitative estimate of drug-likeness (QED) is 0.510. The molecular formula is C8H4BrIS2. The van der Waals surface area contributed by atoms with Gasteiger partial charge < -0.3 is 0 Å². The van der Waals surface area contributed by atoms with Crippen molar-refractivity contribution in [1.29, 1.82) is 0 Å². The minimum atomic E-state index is 1.04. The Bertz CT molecular complexity index is 436. The summed E-state index contributed by atoms with van der Waals surface area (Å²) in [7, 11) is 0. The molecule has 0 fully saturated rings. The Labute approximate surface area is 102 Å². The van der Waals surface area contributed by atoms with E-state index < -0.39 is 0 Å². The van der Waals surface area contributed by atoms with Crippen LogP contribution in [-0.4, -0.2) is 0 Å². The molecule has 0 bridgehead atoms. The van der Waals surface area contributed by atoms with Crippen molar-refractivity contribution in [3.63, 3.8) is 0 Å². The number of fused-ring (bicyclic) bond motifs is 1. The monoisotopic (exact) mass is 370 g/mol. The summed E-state index contributed by atoms with van der Waals surface area (Å²) in [5.74, 6) is 0. The number of hydrogen-bond acceptors (Lipinski definition) is 2. The highest BCUT2D eigenvalue weighted by Gasteiger charge is 2.06. The summed E-state index contributed by atoms with van der Waals surface area (Å²) >= 11 is 12.0. The molecule has 0 radical (unpaired) electrons. The zero-order valence-corrected chi connectivity index (χ0v) is 11.3. The van der Waals surface area contributed by atoms with Crippen molar-refractivity contribution in [2.75, 3.05) is 0 Å². The van der Waals surface area contributed by atoms with Crippen molar-refractivity contribution in [2.24, 2.45) is 0 Å². The molecule has 4 heteroatoms. The summed E-state index contributed by atoms with van der Waals surface area (Å²) in [6.45, 7) is 0. The molecular weight excluding hydrogens is 367 g/mol. The Kier molecular flexibility index (Phi) is 2.69. The first-order chi connectivity index (χ1) is 5.70. The molecule has 0 aliphatic heterocycles. The van der Waals surface area contributed by atoms with Gasteiger partial charge in [0.2, 0.25) is 0 Å². The molecule has 1 aromatic carbocycles. The molecule has 0 unspecified atom stereocenters. The molecule has 1 aromatic heterocycles. The number of rotatable bonds is 0. The number of benzene rings is 1. The molecule has 0 N–H and O–H groups in total. The molecule has 0 atom stereocenters. The fraction of sp³-hybridized carbons (Fsp3) is 0. The van der Waals surface area contributed by atoms with Crippen molar-refractivity contribution < 1.29 is 0 Å². The second-order valence-corrected chi connectivity index (χ2v) is 5.70. The Morgan fingerprint density at radius 1 is 1.42 bits per heavy atom. The van der Waals surface area contributed by atoms with Crippen molar-refractivity contribution in [2.45, 2.75) is 4.90 Å². The van der Waals surface area contributed by atoms with Gasteiger partial charge in [0, 0.05) is 28.4 Å². The highest BCUT2D eigenvalue weighted by molar-refractivity contribution is 14.1. The van der Waals surface area contributed by atoms with Crippen LogP contribution in [0.25, 0.3) is 10.1 Å². The van der Waals surface area contributed by atoms with E-state index in [0.717, 1.165) is 9.37 Å². The van der Waals surface area contributed by atoms with Gasteiger partial charge in [-0.05, 0) is 44.6 Å². The third kappa shape index (κ3) is 1.42. The van der Waals surface area contributed by atoms with Gasteiger partial charge in [0.05, 0.1) is 0 Å². The van der Waals surface area contributed by atoms with Gasteiger partial charge in [0.1, 0.15) is 0 Å². The van der Waals surface area contributed by atoms with E-state index in [2.05, 4.69) is 62.6 Å². The Morgan fingerprint density at radius 3 is 2.92 bits per heavy atom. The van der Waals surface area contributed by atoms with Crippen molar-refractivity contribution >= 4 is 72.6 Å². The number of halogens is 2. The van der Waals surface area contributed by atoms with E-state index in [-0.39, 0.29) is 0 Å². The average Bonchev–Trinajstić information content (AvgIpc) is 2.41. The van der Waals surface area contributed by atoms with Gasteiger partial charge in [-0.3, -0.25) is 0 Å². The predicted molar refractivity (Wildman–Crippen MR) is 69.5 cm³/mol. The molecule has 2 rings (SSSR count). The van der Waals surface area contributed by atoms with E-state index in [4.69, 9.17) is 0 Å². The Balaban J connectivity index is 2.93. The lowest BCUT2D eigenvalue weighted by Crippen LogP contribution is -1.71. The second-order valence-electron chi connectivity index (χ2n) is 2.36. The van der Waals surface area contributed by atoms with Crippen molar-refractivity contribution in [1.82, 2.24) is 0 Å². The summed E-state index contributed by atoms with van der Waals surface area (Å²) < 4.78 is 3.63. The van der Waals surface area contributed by atoms with Gasteiger partial charge in [-0.15, -0.1) is 24.0 Å². The molecule has 62 valence electrons. The molecule has 12 heavy (non-hydrogen) atoms. The van der Waals surface area contributed by atoms with E-state index >= 15 is 0 Å². The van der Waals surface area contributed by atoms with Crippen LogP contribution < -0.4 is 0 Å². The minimum Gasteiger partial charge on any atom is -0.141 e.